The topological polar surface area (TPSA) is 54.7 Å². The van der Waals surface area contributed by atoms with Gasteiger partial charge in [0.05, 0.1) is 5.69 Å². The Morgan fingerprint density at radius 2 is 2.05 bits per heavy atom. The fourth-order valence-corrected chi connectivity index (χ4v) is 4.33. The molecule has 1 aliphatic rings. The highest BCUT2D eigenvalue weighted by atomic mass is 79.9. The van der Waals surface area contributed by atoms with Crippen LogP contribution < -0.4 is 5.73 Å². The van der Waals surface area contributed by atoms with Crippen molar-refractivity contribution in [1.29, 1.82) is 0 Å². The summed E-state index contributed by atoms with van der Waals surface area (Å²) in [5.41, 5.74) is 9.15. The number of nitrogens with one attached hydrogen (secondary N) is 1. The second-order valence-electron chi connectivity index (χ2n) is 4.83. The molecule has 0 aliphatic carbocycles. The molecule has 0 saturated carbocycles. The lowest BCUT2D eigenvalue weighted by Crippen LogP contribution is -2.08. The fourth-order valence-electron chi connectivity index (χ4n) is 2.52. The van der Waals surface area contributed by atoms with Crippen molar-refractivity contribution in [2.75, 3.05) is 17.2 Å². The number of nitrogen functional groups attached to an aromatic ring is 1. The number of hydrogen-bond acceptors (Lipinski definition) is 3. The van der Waals surface area contributed by atoms with Crippen LogP contribution in [0.4, 0.5) is 5.82 Å². The van der Waals surface area contributed by atoms with Crippen LogP contribution in [0, 0.1) is 0 Å². The highest BCUT2D eigenvalue weighted by molar-refractivity contribution is 9.10. The molecule has 1 saturated heterocycles. The molecule has 0 atom stereocenters. The largest absolute Gasteiger partial charge is 0.382 e. The predicted molar refractivity (Wildman–Crippen MR) is 85.4 cm³/mol. The molecule has 0 radical (unpaired) electrons. The van der Waals surface area contributed by atoms with Crippen molar-refractivity contribution in [3.05, 3.63) is 34.3 Å². The van der Waals surface area contributed by atoms with Gasteiger partial charge in [-0.2, -0.15) is 16.9 Å². The van der Waals surface area contributed by atoms with Crippen molar-refractivity contribution in [1.82, 2.24) is 10.2 Å². The third-order valence-electron chi connectivity index (χ3n) is 3.57. The molecule has 3 nitrogen and oxygen atoms in total. The highest BCUT2D eigenvalue weighted by Gasteiger charge is 2.18. The van der Waals surface area contributed by atoms with E-state index in [9.17, 15) is 0 Å². The number of hydrogen-bond donors (Lipinski definition) is 2. The molecule has 100 valence electrons. The van der Waals surface area contributed by atoms with Gasteiger partial charge < -0.3 is 5.73 Å². The molecular formula is C14H16BrN3S. The molecule has 2 heterocycles. The van der Waals surface area contributed by atoms with Crippen LogP contribution in [0.3, 0.4) is 0 Å². The zero-order chi connectivity index (χ0) is 13.2. The second-order valence-corrected chi connectivity index (χ2v) is 6.91. The first-order valence-electron chi connectivity index (χ1n) is 6.42. The van der Waals surface area contributed by atoms with Gasteiger partial charge in [0.25, 0.3) is 0 Å². The number of aromatic nitrogens is 2. The Kier molecular flexibility index (Phi) is 3.84. The molecule has 0 amide bonds. The monoisotopic (exact) mass is 337 g/mol. The lowest BCUT2D eigenvalue weighted by Gasteiger charge is -2.23. The summed E-state index contributed by atoms with van der Waals surface area (Å²) in [6.45, 7) is 0. The van der Waals surface area contributed by atoms with E-state index in [4.69, 9.17) is 5.73 Å². The van der Waals surface area contributed by atoms with E-state index in [0.717, 1.165) is 11.3 Å². The molecule has 2 aromatic rings. The third kappa shape index (κ3) is 2.82. The summed E-state index contributed by atoms with van der Waals surface area (Å²) in [6, 6.07) is 8.40. The highest BCUT2D eigenvalue weighted by Crippen LogP contribution is 2.37. The standard InChI is InChI=1S/C14H16BrN3S/c15-12-7-10(13-8-14(16)18-17-13)1-2-11(12)9-3-5-19-6-4-9/h1-2,7-9H,3-6H2,(H3,16,17,18). The molecule has 3 N–H and O–H groups in total. The number of anilines is 1. The van der Waals surface area contributed by atoms with Gasteiger partial charge in [-0.05, 0) is 41.9 Å². The Morgan fingerprint density at radius 3 is 2.68 bits per heavy atom. The molecule has 1 aromatic carbocycles. The van der Waals surface area contributed by atoms with E-state index in [-0.39, 0.29) is 0 Å². The van der Waals surface area contributed by atoms with E-state index >= 15 is 0 Å². The zero-order valence-corrected chi connectivity index (χ0v) is 12.9. The second kappa shape index (κ2) is 5.59. The molecule has 0 spiro atoms. The Hall–Kier alpha value is -0.940. The number of nitrogens with two attached hydrogens (primary N) is 1. The molecule has 1 aromatic heterocycles. The Labute approximate surface area is 125 Å². The van der Waals surface area contributed by atoms with Gasteiger partial charge in [-0.3, -0.25) is 5.10 Å². The van der Waals surface area contributed by atoms with Crippen molar-refractivity contribution in [3.63, 3.8) is 0 Å². The number of aromatic amines is 1. The van der Waals surface area contributed by atoms with Crippen molar-refractivity contribution in [2.45, 2.75) is 18.8 Å². The minimum atomic E-state index is 0.527. The lowest BCUT2D eigenvalue weighted by molar-refractivity contribution is 0.635. The number of H-pyrrole nitrogens is 1. The van der Waals surface area contributed by atoms with Crippen LogP contribution in [0.15, 0.2) is 28.7 Å². The smallest absolute Gasteiger partial charge is 0.145 e. The first kappa shape index (κ1) is 13.1. The number of halogens is 1. The Bertz CT molecular complexity index is 576. The summed E-state index contributed by atoms with van der Waals surface area (Å²) in [7, 11) is 0. The van der Waals surface area contributed by atoms with Crippen LogP contribution in [0.5, 0.6) is 0 Å². The maximum Gasteiger partial charge on any atom is 0.145 e. The molecule has 0 unspecified atom stereocenters. The van der Waals surface area contributed by atoms with E-state index in [1.54, 1.807) is 0 Å². The number of rotatable bonds is 2. The van der Waals surface area contributed by atoms with E-state index in [2.05, 4.69) is 56.1 Å². The van der Waals surface area contributed by atoms with Gasteiger partial charge in [0.1, 0.15) is 5.82 Å². The van der Waals surface area contributed by atoms with Gasteiger partial charge in [0.15, 0.2) is 0 Å². The Morgan fingerprint density at radius 1 is 1.26 bits per heavy atom. The predicted octanol–water partition coefficient (Wildman–Crippen LogP) is 4.03. The first-order valence-corrected chi connectivity index (χ1v) is 8.37. The Balaban J connectivity index is 1.89. The van der Waals surface area contributed by atoms with Crippen LogP contribution in [0.1, 0.15) is 24.3 Å². The van der Waals surface area contributed by atoms with Crippen LogP contribution >= 0.6 is 27.7 Å². The fraction of sp³-hybridized carbons (Fsp3) is 0.357. The van der Waals surface area contributed by atoms with E-state index in [0.29, 0.717) is 11.7 Å². The van der Waals surface area contributed by atoms with E-state index in [1.165, 1.54) is 34.4 Å². The molecule has 1 aliphatic heterocycles. The van der Waals surface area contributed by atoms with E-state index < -0.39 is 0 Å². The molecule has 5 heteroatoms. The molecule has 1 fully saturated rings. The average molecular weight is 338 g/mol. The number of thioether (sulfide) groups is 1. The van der Waals surface area contributed by atoms with Crippen molar-refractivity contribution < 1.29 is 0 Å². The van der Waals surface area contributed by atoms with Gasteiger partial charge in [-0.1, -0.05) is 28.1 Å². The summed E-state index contributed by atoms with van der Waals surface area (Å²) in [5.74, 6) is 3.77. The zero-order valence-electron chi connectivity index (χ0n) is 10.5. The molecule has 0 bridgehead atoms. The maximum absolute atomic E-state index is 5.64. The molecule has 3 rings (SSSR count). The van der Waals surface area contributed by atoms with Gasteiger partial charge in [0.2, 0.25) is 0 Å². The average Bonchev–Trinajstić information content (AvgIpc) is 2.86. The first-order chi connectivity index (χ1) is 9.24. The maximum atomic E-state index is 5.64. The van der Waals surface area contributed by atoms with Crippen molar-refractivity contribution in [3.8, 4) is 11.3 Å². The third-order valence-corrected chi connectivity index (χ3v) is 5.31. The van der Waals surface area contributed by atoms with Gasteiger partial charge >= 0.3 is 0 Å². The van der Waals surface area contributed by atoms with E-state index in [1.807, 2.05) is 6.07 Å². The summed E-state index contributed by atoms with van der Waals surface area (Å²) in [6.07, 6.45) is 2.55. The van der Waals surface area contributed by atoms with Crippen LogP contribution in [-0.4, -0.2) is 21.7 Å². The van der Waals surface area contributed by atoms with Crippen LogP contribution in [0.25, 0.3) is 11.3 Å². The minimum Gasteiger partial charge on any atom is -0.382 e. The van der Waals surface area contributed by atoms with Gasteiger partial charge in [0, 0.05) is 16.1 Å². The van der Waals surface area contributed by atoms with Crippen molar-refractivity contribution in [2.24, 2.45) is 0 Å². The number of benzene rings is 1. The normalized spacial score (nSPS) is 16.7. The van der Waals surface area contributed by atoms with Crippen molar-refractivity contribution >= 4 is 33.5 Å². The summed E-state index contributed by atoms with van der Waals surface area (Å²) < 4.78 is 1.19. The number of nitrogens with zero attached hydrogens (tertiary/aromatic N) is 1. The summed E-state index contributed by atoms with van der Waals surface area (Å²) in [4.78, 5) is 0. The molecular weight excluding hydrogens is 322 g/mol. The van der Waals surface area contributed by atoms with Gasteiger partial charge in [-0.25, -0.2) is 0 Å². The summed E-state index contributed by atoms with van der Waals surface area (Å²) >= 11 is 5.77. The lowest BCUT2D eigenvalue weighted by atomic mass is 9.92. The van der Waals surface area contributed by atoms with Crippen LogP contribution in [0.2, 0.25) is 0 Å². The molecule has 19 heavy (non-hydrogen) atoms. The SMILES string of the molecule is Nc1cc(-c2ccc(C3CCSCC3)c(Br)c2)[nH]n1. The van der Waals surface area contributed by atoms with Gasteiger partial charge in [-0.15, -0.1) is 0 Å². The quantitative estimate of drug-likeness (QED) is 0.869. The minimum absolute atomic E-state index is 0.527. The summed E-state index contributed by atoms with van der Waals surface area (Å²) in [5, 5.41) is 6.92. The van der Waals surface area contributed by atoms with Crippen LogP contribution in [-0.2, 0) is 0 Å².